The first-order chi connectivity index (χ1) is 14.6. The molecule has 5 fully saturated rings. The van der Waals surface area contributed by atoms with E-state index >= 15 is 0 Å². The van der Waals surface area contributed by atoms with E-state index in [1.165, 1.54) is 44.9 Å². The minimum absolute atomic E-state index is 0.0258. The molecule has 0 aliphatic heterocycles. The Morgan fingerprint density at radius 1 is 0.688 bits per heavy atom. The molecular formula is C30H48O2. The molecule has 0 aromatic rings. The third-order valence-electron chi connectivity index (χ3n) is 13.4. The van der Waals surface area contributed by atoms with Gasteiger partial charge in [0.15, 0.2) is 0 Å². The topological polar surface area (TPSA) is 34.1 Å². The van der Waals surface area contributed by atoms with Gasteiger partial charge in [-0.3, -0.25) is 9.59 Å². The fraction of sp³-hybridized carbons (Fsp3) is 0.933. The van der Waals surface area contributed by atoms with E-state index < -0.39 is 0 Å². The summed E-state index contributed by atoms with van der Waals surface area (Å²) in [6.07, 6.45) is 11.3. The van der Waals surface area contributed by atoms with Crippen molar-refractivity contribution >= 4 is 11.6 Å². The lowest BCUT2D eigenvalue weighted by Crippen LogP contribution is -2.70. The van der Waals surface area contributed by atoms with Crippen LogP contribution >= 0.6 is 0 Å². The van der Waals surface area contributed by atoms with Gasteiger partial charge in [-0.25, -0.2) is 0 Å². The smallest absolute Gasteiger partial charge is 0.137 e. The van der Waals surface area contributed by atoms with Crippen LogP contribution in [0.25, 0.3) is 0 Å². The van der Waals surface area contributed by atoms with E-state index in [1.54, 1.807) is 0 Å². The monoisotopic (exact) mass is 440 g/mol. The molecule has 0 radical (unpaired) electrons. The molecule has 0 saturated heterocycles. The third kappa shape index (κ3) is 2.65. The van der Waals surface area contributed by atoms with Gasteiger partial charge in [0, 0.05) is 24.7 Å². The zero-order valence-corrected chi connectivity index (χ0v) is 22.2. The van der Waals surface area contributed by atoms with Crippen molar-refractivity contribution in [2.45, 2.75) is 120 Å². The average Bonchev–Trinajstić information content (AvgIpc) is 2.69. The first-order valence-corrected chi connectivity index (χ1v) is 13.7. The van der Waals surface area contributed by atoms with Crippen molar-refractivity contribution < 1.29 is 9.59 Å². The molecule has 0 aromatic heterocycles. The maximum Gasteiger partial charge on any atom is 0.137 e. The Balaban J connectivity index is 1.59. The minimum atomic E-state index is -0.141. The summed E-state index contributed by atoms with van der Waals surface area (Å²) in [5, 5.41) is 0. The molecule has 5 aliphatic carbocycles. The van der Waals surface area contributed by atoms with Crippen molar-refractivity contribution in [1.82, 2.24) is 0 Å². The van der Waals surface area contributed by atoms with Crippen LogP contribution in [0.2, 0.25) is 0 Å². The van der Waals surface area contributed by atoms with Gasteiger partial charge in [0.2, 0.25) is 0 Å². The van der Waals surface area contributed by atoms with Crippen molar-refractivity contribution in [2.24, 2.45) is 56.2 Å². The molecule has 2 nitrogen and oxygen atoms in total. The van der Waals surface area contributed by atoms with Crippen molar-refractivity contribution in [2.75, 3.05) is 0 Å². The highest BCUT2D eigenvalue weighted by Gasteiger charge is 2.72. The van der Waals surface area contributed by atoms with E-state index in [2.05, 4.69) is 55.4 Å². The molecule has 0 spiro atoms. The van der Waals surface area contributed by atoms with Gasteiger partial charge in [-0.1, -0.05) is 55.4 Å². The van der Waals surface area contributed by atoms with Gasteiger partial charge in [-0.2, -0.15) is 0 Å². The average molecular weight is 441 g/mol. The van der Waals surface area contributed by atoms with Crippen LogP contribution in [-0.4, -0.2) is 11.6 Å². The zero-order valence-electron chi connectivity index (χ0n) is 22.2. The second-order valence-electron chi connectivity index (χ2n) is 15.3. The molecule has 180 valence electrons. The van der Waals surface area contributed by atoms with Crippen LogP contribution in [0, 0.1) is 56.2 Å². The number of fused-ring (bicyclic) bond motifs is 7. The molecule has 0 amide bonds. The summed E-state index contributed by atoms with van der Waals surface area (Å²) >= 11 is 0. The van der Waals surface area contributed by atoms with Gasteiger partial charge in [0.05, 0.1) is 0 Å². The summed E-state index contributed by atoms with van der Waals surface area (Å²) in [6, 6.07) is 0. The normalized spacial score (nSPS) is 57.1. The maximum absolute atomic E-state index is 14.2. The number of Topliss-reactive ketones (excluding diaryl/α,β-unsaturated/α-hetero) is 2. The molecule has 5 rings (SSSR count). The Morgan fingerprint density at radius 3 is 2.00 bits per heavy atom. The summed E-state index contributed by atoms with van der Waals surface area (Å²) in [7, 11) is 0. The highest BCUT2D eigenvalue weighted by molar-refractivity contribution is 5.88. The molecule has 32 heavy (non-hydrogen) atoms. The number of rotatable bonds is 0. The maximum atomic E-state index is 14.2. The van der Waals surface area contributed by atoms with Crippen molar-refractivity contribution in [3.05, 3.63) is 0 Å². The molecule has 0 N–H and O–H groups in total. The van der Waals surface area contributed by atoms with Crippen LogP contribution < -0.4 is 0 Å². The first-order valence-electron chi connectivity index (χ1n) is 13.7. The van der Waals surface area contributed by atoms with E-state index in [4.69, 9.17) is 0 Å². The summed E-state index contributed by atoms with van der Waals surface area (Å²) in [4.78, 5) is 26.9. The van der Waals surface area contributed by atoms with Crippen molar-refractivity contribution in [3.8, 4) is 0 Å². The lowest BCUT2D eigenvalue weighted by Gasteiger charge is -2.74. The van der Waals surface area contributed by atoms with Crippen molar-refractivity contribution in [1.29, 1.82) is 0 Å². The highest BCUT2D eigenvalue weighted by atomic mass is 16.1. The van der Waals surface area contributed by atoms with E-state index in [-0.39, 0.29) is 33.5 Å². The van der Waals surface area contributed by atoms with Crippen LogP contribution in [0.5, 0.6) is 0 Å². The summed E-state index contributed by atoms with van der Waals surface area (Å²) in [6.45, 7) is 19.6. The summed E-state index contributed by atoms with van der Waals surface area (Å²) < 4.78 is 0. The van der Waals surface area contributed by atoms with E-state index in [1.807, 2.05) is 0 Å². The molecule has 5 saturated carbocycles. The molecule has 0 heterocycles. The number of carbonyl (C=O) groups is 2. The minimum Gasteiger partial charge on any atom is -0.299 e. The molecular weight excluding hydrogens is 392 g/mol. The van der Waals surface area contributed by atoms with Gasteiger partial charge in [-0.15, -0.1) is 0 Å². The second-order valence-corrected chi connectivity index (χ2v) is 15.3. The van der Waals surface area contributed by atoms with Crippen LogP contribution in [0.4, 0.5) is 0 Å². The lowest BCUT2D eigenvalue weighted by molar-refractivity contribution is -0.246. The van der Waals surface area contributed by atoms with Gasteiger partial charge in [0.25, 0.3) is 0 Å². The van der Waals surface area contributed by atoms with Gasteiger partial charge in [0.1, 0.15) is 11.6 Å². The molecule has 2 heteroatoms. The predicted molar refractivity (Wildman–Crippen MR) is 130 cm³/mol. The molecule has 0 unspecified atom stereocenters. The van der Waals surface area contributed by atoms with Gasteiger partial charge < -0.3 is 0 Å². The Bertz CT molecular complexity index is 857. The fourth-order valence-corrected chi connectivity index (χ4v) is 11.0. The lowest BCUT2D eigenvalue weighted by atomic mass is 9.30. The number of carbonyl (C=O) groups excluding carboxylic acids is 2. The SMILES string of the molecule is C[C@@H]1C(=O)CC[C@@H]2[C@]1(C)CC(=O)[C@H]1[C@]2(C)CC[C@@]2(C)[C@H]3CC(C)(C)CC[C@@]3(C)CC[C@@]12C. The second kappa shape index (κ2) is 6.51. The fourth-order valence-electron chi connectivity index (χ4n) is 11.0. The van der Waals surface area contributed by atoms with E-state index in [0.29, 0.717) is 34.7 Å². The Hall–Kier alpha value is -0.660. The number of ketones is 2. The molecule has 0 bridgehead atoms. The number of hydrogen-bond donors (Lipinski definition) is 0. The van der Waals surface area contributed by atoms with Crippen LogP contribution in [0.15, 0.2) is 0 Å². The van der Waals surface area contributed by atoms with E-state index in [9.17, 15) is 9.59 Å². The molecule has 5 aliphatic rings. The van der Waals surface area contributed by atoms with Crippen LogP contribution in [0.1, 0.15) is 120 Å². The van der Waals surface area contributed by atoms with Crippen molar-refractivity contribution in [3.63, 3.8) is 0 Å². The van der Waals surface area contributed by atoms with Crippen LogP contribution in [-0.2, 0) is 9.59 Å². The Labute approximate surface area is 197 Å². The van der Waals surface area contributed by atoms with Gasteiger partial charge in [-0.05, 0) is 95.7 Å². The summed E-state index contributed by atoms with van der Waals surface area (Å²) in [5.74, 6) is 2.31. The van der Waals surface area contributed by atoms with Crippen LogP contribution in [0.3, 0.4) is 0 Å². The first kappa shape index (κ1) is 23.1. The van der Waals surface area contributed by atoms with Gasteiger partial charge >= 0.3 is 0 Å². The third-order valence-corrected chi connectivity index (χ3v) is 13.4. The highest BCUT2D eigenvalue weighted by Crippen LogP contribution is 2.77. The largest absolute Gasteiger partial charge is 0.299 e. The summed E-state index contributed by atoms with van der Waals surface area (Å²) in [5.41, 5.74) is 1.08. The zero-order chi connectivity index (χ0) is 23.5. The molecule has 9 atom stereocenters. The standard InChI is InChI=1S/C30H48O2/c1-19-20(31)9-10-22-27(5)14-16-29(7)23-18-25(2,3)11-12-26(23,4)13-15-30(29,8)24(27)21(32)17-28(19,22)6/h19,22-24H,9-18H2,1-8H3/t19-,22+,23+,24+,26+,27-,28-,29+,30+/m1/s1. The quantitative estimate of drug-likeness (QED) is 0.388. The number of hydrogen-bond acceptors (Lipinski definition) is 2. The Kier molecular flexibility index (Phi) is 4.70. The van der Waals surface area contributed by atoms with E-state index in [0.717, 1.165) is 18.8 Å². The predicted octanol–water partition coefficient (Wildman–Crippen LogP) is 7.64. The Morgan fingerprint density at radius 2 is 1.31 bits per heavy atom. The molecule has 0 aromatic carbocycles.